The lowest BCUT2D eigenvalue weighted by molar-refractivity contribution is 0.416. The van der Waals surface area contributed by atoms with E-state index < -0.39 is 0 Å². The molecular formula is C12H17N3OS. The van der Waals surface area contributed by atoms with E-state index in [1.54, 1.807) is 18.4 Å². The lowest BCUT2D eigenvalue weighted by Gasteiger charge is -2.15. The van der Waals surface area contributed by atoms with E-state index in [0.29, 0.717) is 0 Å². The standard InChI is InChI=1S/C12H17N3OS/c1-4-13-11(12-14-5-6-15(12)2)10-7-9(16-3)8-17-10/h5-8,11,13H,4H2,1-3H3. The van der Waals surface area contributed by atoms with Crippen LogP contribution in [0.15, 0.2) is 23.8 Å². The topological polar surface area (TPSA) is 39.1 Å². The van der Waals surface area contributed by atoms with Gasteiger partial charge in [-0.2, -0.15) is 0 Å². The van der Waals surface area contributed by atoms with Gasteiger partial charge in [-0.25, -0.2) is 4.98 Å². The van der Waals surface area contributed by atoms with Crippen molar-refractivity contribution in [2.75, 3.05) is 13.7 Å². The van der Waals surface area contributed by atoms with Gasteiger partial charge in [0.25, 0.3) is 0 Å². The minimum Gasteiger partial charge on any atom is -0.496 e. The van der Waals surface area contributed by atoms with Crippen molar-refractivity contribution < 1.29 is 4.74 Å². The number of rotatable bonds is 5. The van der Waals surface area contributed by atoms with Crippen LogP contribution in [0.1, 0.15) is 23.7 Å². The first kappa shape index (κ1) is 12.1. The van der Waals surface area contributed by atoms with Gasteiger partial charge in [0.15, 0.2) is 0 Å². The third-order valence-corrected chi connectivity index (χ3v) is 3.62. The van der Waals surface area contributed by atoms with Crippen molar-refractivity contribution in [1.29, 1.82) is 0 Å². The highest BCUT2D eigenvalue weighted by Gasteiger charge is 2.19. The van der Waals surface area contributed by atoms with Gasteiger partial charge < -0.3 is 14.6 Å². The molecule has 2 heterocycles. The number of aryl methyl sites for hydroxylation is 1. The summed E-state index contributed by atoms with van der Waals surface area (Å²) in [5.41, 5.74) is 0. The van der Waals surface area contributed by atoms with Crippen LogP contribution in [0.3, 0.4) is 0 Å². The highest BCUT2D eigenvalue weighted by atomic mass is 32.1. The minimum atomic E-state index is 0.133. The third kappa shape index (κ3) is 2.50. The Kier molecular flexibility index (Phi) is 3.81. The summed E-state index contributed by atoms with van der Waals surface area (Å²) in [5.74, 6) is 1.93. The van der Waals surface area contributed by atoms with Crippen LogP contribution in [-0.4, -0.2) is 23.2 Å². The van der Waals surface area contributed by atoms with E-state index in [1.165, 1.54) is 4.88 Å². The number of methoxy groups -OCH3 is 1. The largest absolute Gasteiger partial charge is 0.496 e. The number of nitrogens with zero attached hydrogens (tertiary/aromatic N) is 2. The predicted octanol–water partition coefficient (Wildman–Crippen LogP) is 2.19. The molecule has 0 amide bonds. The van der Waals surface area contributed by atoms with E-state index in [2.05, 4.69) is 23.3 Å². The van der Waals surface area contributed by atoms with Crippen molar-refractivity contribution in [3.8, 4) is 5.75 Å². The SMILES string of the molecule is CCNC(c1cc(OC)cs1)c1nccn1C. The fraction of sp³-hybridized carbons (Fsp3) is 0.417. The molecule has 0 bridgehead atoms. The van der Waals surface area contributed by atoms with Crippen molar-refractivity contribution in [3.63, 3.8) is 0 Å². The Balaban J connectivity index is 2.32. The van der Waals surface area contributed by atoms with Gasteiger partial charge in [0.1, 0.15) is 17.6 Å². The highest BCUT2D eigenvalue weighted by molar-refractivity contribution is 7.10. The third-order valence-electron chi connectivity index (χ3n) is 2.64. The molecule has 0 saturated heterocycles. The van der Waals surface area contributed by atoms with E-state index in [-0.39, 0.29) is 6.04 Å². The summed E-state index contributed by atoms with van der Waals surface area (Å²) in [6.07, 6.45) is 3.79. The summed E-state index contributed by atoms with van der Waals surface area (Å²) in [6.45, 7) is 3.00. The van der Waals surface area contributed by atoms with Crippen LogP contribution in [-0.2, 0) is 7.05 Å². The number of thiophene rings is 1. The maximum absolute atomic E-state index is 5.23. The Morgan fingerprint density at radius 1 is 1.59 bits per heavy atom. The molecule has 0 spiro atoms. The number of hydrogen-bond donors (Lipinski definition) is 1. The van der Waals surface area contributed by atoms with Gasteiger partial charge in [-0.3, -0.25) is 0 Å². The number of hydrogen-bond acceptors (Lipinski definition) is 4. The zero-order valence-corrected chi connectivity index (χ0v) is 11.1. The molecule has 2 rings (SSSR count). The fourth-order valence-corrected chi connectivity index (χ4v) is 2.70. The smallest absolute Gasteiger partial charge is 0.131 e. The van der Waals surface area contributed by atoms with Gasteiger partial charge in [-0.1, -0.05) is 6.92 Å². The summed E-state index contributed by atoms with van der Waals surface area (Å²) < 4.78 is 7.27. The molecule has 0 aliphatic carbocycles. The summed E-state index contributed by atoms with van der Waals surface area (Å²) in [7, 11) is 3.70. The Morgan fingerprint density at radius 2 is 2.41 bits per heavy atom. The molecule has 2 aromatic heterocycles. The Hall–Kier alpha value is -1.33. The van der Waals surface area contributed by atoms with Gasteiger partial charge in [0.2, 0.25) is 0 Å². The van der Waals surface area contributed by atoms with Crippen molar-refractivity contribution in [2.24, 2.45) is 7.05 Å². The Morgan fingerprint density at radius 3 is 2.94 bits per heavy atom. The van der Waals surface area contributed by atoms with Crippen LogP contribution < -0.4 is 10.1 Å². The Bertz CT molecular complexity index is 478. The molecule has 5 heteroatoms. The van der Waals surface area contributed by atoms with E-state index in [1.807, 2.05) is 29.4 Å². The lowest BCUT2D eigenvalue weighted by Crippen LogP contribution is -2.23. The lowest BCUT2D eigenvalue weighted by atomic mass is 10.2. The second kappa shape index (κ2) is 5.33. The van der Waals surface area contributed by atoms with Crippen LogP contribution in [0, 0.1) is 0 Å². The van der Waals surface area contributed by atoms with Crippen molar-refractivity contribution in [3.05, 3.63) is 34.5 Å². The fourth-order valence-electron chi connectivity index (χ4n) is 1.77. The zero-order valence-electron chi connectivity index (χ0n) is 10.3. The monoisotopic (exact) mass is 251 g/mol. The van der Waals surface area contributed by atoms with E-state index in [4.69, 9.17) is 4.74 Å². The molecule has 1 atom stereocenters. The molecular weight excluding hydrogens is 234 g/mol. The maximum atomic E-state index is 5.23. The number of aromatic nitrogens is 2. The molecule has 2 aromatic rings. The highest BCUT2D eigenvalue weighted by Crippen LogP contribution is 2.30. The normalized spacial score (nSPS) is 12.6. The van der Waals surface area contributed by atoms with E-state index in [9.17, 15) is 0 Å². The molecule has 92 valence electrons. The first-order chi connectivity index (χ1) is 8.26. The second-order valence-electron chi connectivity index (χ2n) is 3.78. The van der Waals surface area contributed by atoms with Crippen molar-refractivity contribution >= 4 is 11.3 Å². The summed E-state index contributed by atoms with van der Waals surface area (Å²) >= 11 is 1.69. The van der Waals surface area contributed by atoms with Gasteiger partial charge >= 0.3 is 0 Å². The first-order valence-corrected chi connectivity index (χ1v) is 6.47. The van der Waals surface area contributed by atoms with Crippen LogP contribution in [0.2, 0.25) is 0 Å². The van der Waals surface area contributed by atoms with E-state index in [0.717, 1.165) is 18.1 Å². The van der Waals surface area contributed by atoms with Gasteiger partial charge in [-0.15, -0.1) is 11.3 Å². The number of ether oxygens (including phenoxy) is 1. The molecule has 0 aromatic carbocycles. The summed E-state index contributed by atoms with van der Waals surface area (Å²) in [4.78, 5) is 5.63. The first-order valence-electron chi connectivity index (χ1n) is 5.59. The maximum Gasteiger partial charge on any atom is 0.131 e. The van der Waals surface area contributed by atoms with Gasteiger partial charge in [0.05, 0.1) is 7.11 Å². The molecule has 0 fully saturated rings. The van der Waals surface area contributed by atoms with Crippen molar-refractivity contribution in [2.45, 2.75) is 13.0 Å². The molecule has 4 nitrogen and oxygen atoms in total. The second-order valence-corrected chi connectivity index (χ2v) is 4.72. The summed E-state index contributed by atoms with van der Waals surface area (Å²) in [6, 6.07) is 2.20. The molecule has 0 aliphatic heterocycles. The number of nitrogens with one attached hydrogen (secondary N) is 1. The van der Waals surface area contributed by atoms with Gasteiger partial charge in [0, 0.05) is 29.7 Å². The van der Waals surface area contributed by atoms with E-state index >= 15 is 0 Å². The average Bonchev–Trinajstić information content (AvgIpc) is 2.95. The minimum absolute atomic E-state index is 0.133. The zero-order chi connectivity index (χ0) is 12.3. The van der Waals surface area contributed by atoms with Crippen LogP contribution >= 0.6 is 11.3 Å². The van der Waals surface area contributed by atoms with Gasteiger partial charge in [-0.05, 0) is 12.6 Å². The molecule has 0 aliphatic rings. The predicted molar refractivity (Wildman–Crippen MR) is 69.6 cm³/mol. The number of imidazole rings is 1. The molecule has 0 saturated carbocycles. The van der Waals surface area contributed by atoms with Crippen LogP contribution in [0.5, 0.6) is 5.75 Å². The molecule has 1 N–H and O–H groups in total. The van der Waals surface area contributed by atoms with Crippen LogP contribution in [0.4, 0.5) is 0 Å². The molecule has 1 unspecified atom stereocenters. The quantitative estimate of drug-likeness (QED) is 0.885. The van der Waals surface area contributed by atoms with Crippen LogP contribution in [0.25, 0.3) is 0 Å². The van der Waals surface area contributed by atoms with Crippen molar-refractivity contribution in [1.82, 2.24) is 14.9 Å². The average molecular weight is 251 g/mol. The Labute approximate surface area is 105 Å². The molecule has 0 radical (unpaired) electrons. The summed E-state index contributed by atoms with van der Waals surface area (Å²) in [5, 5.41) is 5.47. The molecule has 17 heavy (non-hydrogen) atoms.